The third-order valence-corrected chi connectivity index (χ3v) is 2.97. The first-order chi connectivity index (χ1) is 8.13. The first kappa shape index (κ1) is 12.7. The van der Waals surface area contributed by atoms with Crippen molar-refractivity contribution in [3.8, 4) is 0 Å². The molecule has 0 aliphatic rings. The van der Waals surface area contributed by atoms with Crippen LogP contribution in [0.25, 0.3) is 0 Å². The van der Waals surface area contributed by atoms with Crippen LogP contribution in [-0.4, -0.2) is 9.98 Å². The second kappa shape index (κ2) is 5.69. The van der Waals surface area contributed by atoms with E-state index >= 15 is 0 Å². The monoisotopic (exact) mass is 313 g/mol. The summed E-state index contributed by atoms with van der Waals surface area (Å²) in [5.41, 5.74) is 2.15. The minimum absolute atomic E-state index is 0.413. The van der Waals surface area contributed by atoms with Gasteiger partial charge in [0, 0.05) is 28.8 Å². The Bertz CT molecular complexity index is 478. The highest BCUT2D eigenvalue weighted by atomic mass is 79.9. The van der Waals surface area contributed by atoms with Gasteiger partial charge >= 0.3 is 0 Å². The number of rotatable bonds is 4. The van der Waals surface area contributed by atoms with Gasteiger partial charge in [-0.2, -0.15) is 0 Å². The molecule has 2 nitrogen and oxygen atoms in total. The van der Waals surface area contributed by atoms with Gasteiger partial charge in [0.15, 0.2) is 0 Å². The molecule has 90 valence electrons. The molecule has 0 bridgehead atoms. The van der Waals surface area contributed by atoms with Crippen molar-refractivity contribution in [2.75, 3.05) is 0 Å². The van der Waals surface area contributed by atoms with Crippen molar-refractivity contribution in [3.63, 3.8) is 0 Å². The van der Waals surface area contributed by atoms with E-state index in [2.05, 4.69) is 28.0 Å². The Hall–Kier alpha value is -0.800. The molecular weight excluding hydrogens is 302 g/mol. The lowest BCUT2D eigenvalue weighted by atomic mass is 10.1. The van der Waals surface area contributed by atoms with Gasteiger partial charge in [-0.3, -0.25) is 0 Å². The van der Waals surface area contributed by atoms with E-state index in [1.54, 1.807) is 0 Å². The molecule has 0 aliphatic heterocycles. The summed E-state index contributed by atoms with van der Waals surface area (Å²) in [6.45, 7) is 2.09. The van der Waals surface area contributed by atoms with E-state index in [4.69, 9.17) is 16.1 Å². The average Bonchev–Trinajstić information content (AvgIpc) is 2.68. The zero-order chi connectivity index (χ0) is 12.3. The molecule has 2 aromatic rings. The summed E-state index contributed by atoms with van der Waals surface area (Å²) in [4.78, 5) is 0.413. The average molecular weight is 315 g/mol. The van der Waals surface area contributed by atoms with E-state index in [1.165, 1.54) is 5.56 Å². The highest BCUT2D eigenvalue weighted by Gasteiger charge is 2.07. The van der Waals surface area contributed by atoms with Crippen LogP contribution in [0.15, 0.2) is 34.9 Å². The maximum Gasteiger partial charge on any atom is 0.141 e. The Balaban J connectivity index is 2.03. The summed E-state index contributed by atoms with van der Waals surface area (Å²) in [7, 11) is 0. The molecule has 0 saturated heterocycles. The first-order valence-electron chi connectivity index (χ1n) is 5.46. The number of hydrogen-bond acceptors (Lipinski definition) is 2. The second-order valence-corrected chi connectivity index (χ2v) is 6.07. The Morgan fingerprint density at radius 1 is 1.35 bits per heavy atom. The molecule has 0 fully saturated rings. The SMILES string of the molecule is CC(Br)Cc1cc(Cc2ccc(Cl)cc2)on1. The molecule has 4 heteroatoms. The second-order valence-electron chi connectivity index (χ2n) is 4.07. The Morgan fingerprint density at radius 2 is 2.06 bits per heavy atom. The minimum atomic E-state index is 0.413. The largest absolute Gasteiger partial charge is 0.361 e. The molecule has 17 heavy (non-hydrogen) atoms. The lowest BCUT2D eigenvalue weighted by Gasteiger charge is -1.97. The maximum absolute atomic E-state index is 5.84. The van der Waals surface area contributed by atoms with Crippen LogP contribution < -0.4 is 0 Å². The van der Waals surface area contributed by atoms with Gasteiger partial charge in [0.1, 0.15) is 5.76 Å². The number of nitrogens with zero attached hydrogens (tertiary/aromatic N) is 1. The van der Waals surface area contributed by atoms with Crippen LogP contribution >= 0.6 is 27.5 Å². The van der Waals surface area contributed by atoms with Crippen molar-refractivity contribution in [1.29, 1.82) is 0 Å². The van der Waals surface area contributed by atoms with Crippen LogP contribution in [0.2, 0.25) is 5.02 Å². The third kappa shape index (κ3) is 3.86. The fourth-order valence-corrected chi connectivity index (χ4v) is 2.08. The summed E-state index contributed by atoms with van der Waals surface area (Å²) in [5.74, 6) is 0.885. The first-order valence-corrected chi connectivity index (χ1v) is 6.76. The molecule has 2 rings (SSSR count). The van der Waals surface area contributed by atoms with Gasteiger partial charge < -0.3 is 4.52 Å². The van der Waals surface area contributed by atoms with Crippen molar-refractivity contribution < 1.29 is 4.52 Å². The molecule has 1 unspecified atom stereocenters. The van der Waals surface area contributed by atoms with Gasteiger partial charge in [-0.05, 0) is 17.7 Å². The molecule has 0 saturated carbocycles. The maximum atomic E-state index is 5.84. The van der Waals surface area contributed by atoms with E-state index in [1.807, 2.05) is 30.3 Å². The number of aromatic nitrogens is 1. The summed E-state index contributed by atoms with van der Waals surface area (Å²) in [5, 5.41) is 4.79. The summed E-state index contributed by atoms with van der Waals surface area (Å²) < 4.78 is 5.30. The molecule has 1 aromatic carbocycles. The normalized spacial score (nSPS) is 12.6. The highest BCUT2D eigenvalue weighted by molar-refractivity contribution is 9.09. The molecule has 1 aromatic heterocycles. The number of benzene rings is 1. The molecule has 0 N–H and O–H groups in total. The van der Waals surface area contributed by atoms with Gasteiger partial charge in [0.25, 0.3) is 0 Å². The third-order valence-electron chi connectivity index (χ3n) is 2.39. The number of halogens is 2. The van der Waals surface area contributed by atoms with Crippen LogP contribution in [0, 0.1) is 0 Å². The van der Waals surface area contributed by atoms with E-state index in [-0.39, 0.29) is 0 Å². The summed E-state index contributed by atoms with van der Waals surface area (Å²) in [6.07, 6.45) is 1.63. The van der Waals surface area contributed by atoms with Crippen LogP contribution in [-0.2, 0) is 12.8 Å². The lowest BCUT2D eigenvalue weighted by molar-refractivity contribution is 0.383. The fraction of sp³-hybridized carbons (Fsp3) is 0.308. The van der Waals surface area contributed by atoms with E-state index in [0.29, 0.717) is 4.83 Å². The van der Waals surface area contributed by atoms with E-state index < -0.39 is 0 Å². The summed E-state index contributed by atoms with van der Waals surface area (Å²) >= 11 is 9.33. The van der Waals surface area contributed by atoms with Crippen molar-refractivity contribution in [2.24, 2.45) is 0 Å². The molecule has 1 atom stereocenters. The predicted octanol–water partition coefficient (Wildman–Crippen LogP) is 4.24. The van der Waals surface area contributed by atoms with Gasteiger partial charge in [0.2, 0.25) is 0 Å². The Kier molecular flexibility index (Phi) is 4.24. The van der Waals surface area contributed by atoms with Gasteiger partial charge in [-0.15, -0.1) is 0 Å². The molecule has 1 heterocycles. The van der Waals surface area contributed by atoms with Crippen LogP contribution in [0.3, 0.4) is 0 Å². The molecule has 0 spiro atoms. The smallest absolute Gasteiger partial charge is 0.141 e. The van der Waals surface area contributed by atoms with Crippen molar-refractivity contribution >= 4 is 27.5 Å². The lowest BCUT2D eigenvalue weighted by Crippen LogP contribution is -1.95. The van der Waals surface area contributed by atoms with Gasteiger partial charge in [-0.25, -0.2) is 0 Å². The zero-order valence-electron chi connectivity index (χ0n) is 9.49. The number of hydrogen-bond donors (Lipinski definition) is 0. The quantitative estimate of drug-likeness (QED) is 0.789. The Morgan fingerprint density at radius 3 is 2.71 bits per heavy atom. The van der Waals surface area contributed by atoms with E-state index in [0.717, 1.165) is 29.3 Å². The van der Waals surface area contributed by atoms with Crippen LogP contribution in [0.4, 0.5) is 0 Å². The highest BCUT2D eigenvalue weighted by Crippen LogP contribution is 2.16. The van der Waals surface area contributed by atoms with Crippen LogP contribution in [0.5, 0.6) is 0 Å². The summed E-state index contributed by atoms with van der Waals surface area (Å²) in [6, 6.07) is 9.77. The minimum Gasteiger partial charge on any atom is -0.361 e. The topological polar surface area (TPSA) is 26.0 Å². The van der Waals surface area contributed by atoms with Crippen molar-refractivity contribution in [2.45, 2.75) is 24.6 Å². The van der Waals surface area contributed by atoms with E-state index in [9.17, 15) is 0 Å². The van der Waals surface area contributed by atoms with Crippen LogP contribution in [0.1, 0.15) is 23.9 Å². The fourth-order valence-electron chi connectivity index (χ4n) is 1.63. The Labute approximate surface area is 114 Å². The zero-order valence-corrected chi connectivity index (χ0v) is 11.8. The molecular formula is C13H13BrClNO. The predicted molar refractivity (Wildman–Crippen MR) is 72.9 cm³/mol. The van der Waals surface area contributed by atoms with Crippen molar-refractivity contribution in [1.82, 2.24) is 5.16 Å². The molecule has 0 radical (unpaired) electrons. The van der Waals surface area contributed by atoms with Gasteiger partial charge in [-0.1, -0.05) is 51.7 Å². The molecule has 0 amide bonds. The van der Waals surface area contributed by atoms with Gasteiger partial charge in [0.05, 0.1) is 5.69 Å². The molecule has 0 aliphatic carbocycles. The standard InChI is InChI=1S/C13H13BrClNO/c1-9(14)6-12-8-13(17-16-12)7-10-2-4-11(15)5-3-10/h2-5,8-9H,6-7H2,1H3. The number of alkyl halides is 1. The van der Waals surface area contributed by atoms with Crippen molar-refractivity contribution in [3.05, 3.63) is 52.4 Å².